The van der Waals surface area contributed by atoms with E-state index in [0.29, 0.717) is 6.54 Å². The lowest BCUT2D eigenvalue weighted by Crippen LogP contribution is -2.46. The summed E-state index contributed by atoms with van der Waals surface area (Å²) in [6.07, 6.45) is 0.516. The van der Waals surface area contributed by atoms with Crippen molar-refractivity contribution in [3.63, 3.8) is 0 Å². The molecule has 27 heavy (non-hydrogen) atoms. The quantitative estimate of drug-likeness (QED) is 0.474. The van der Waals surface area contributed by atoms with E-state index in [1.165, 1.54) is 0 Å². The van der Waals surface area contributed by atoms with Gasteiger partial charge in [-0.2, -0.15) is 0 Å². The first kappa shape index (κ1) is 25.4. The number of carboxylic acids is 2. The molecule has 0 aliphatic rings. The van der Waals surface area contributed by atoms with E-state index in [4.69, 9.17) is 24.5 Å². The molecule has 1 unspecified atom stereocenters. The molecule has 0 aliphatic carbocycles. The number of aliphatic carboxylic acids is 2. The largest absolute Gasteiger partial charge is 0.491 e. The molecular formula is C19H30BrNO6. The minimum absolute atomic E-state index is 0.00496. The van der Waals surface area contributed by atoms with Gasteiger partial charge in [0.25, 0.3) is 0 Å². The van der Waals surface area contributed by atoms with Crippen molar-refractivity contribution in [1.82, 2.24) is 5.32 Å². The van der Waals surface area contributed by atoms with Crippen LogP contribution >= 0.6 is 15.9 Å². The Morgan fingerprint density at radius 1 is 1.15 bits per heavy atom. The van der Waals surface area contributed by atoms with Gasteiger partial charge in [0.05, 0.1) is 0 Å². The first-order chi connectivity index (χ1) is 12.2. The fourth-order valence-corrected chi connectivity index (χ4v) is 2.97. The maximum Gasteiger partial charge on any atom is 0.414 e. The number of hydrogen-bond acceptors (Lipinski definition) is 5. The molecule has 0 saturated carbocycles. The van der Waals surface area contributed by atoms with Gasteiger partial charge in [-0.15, -0.1) is 0 Å². The number of carbonyl (C=O) groups is 2. The van der Waals surface area contributed by atoms with Gasteiger partial charge in [-0.05, 0) is 43.9 Å². The second-order valence-corrected chi connectivity index (χ2v) is 8.95. The van der Waals surface area contributed by atoms with E-state index < -0.39 is 18.0 Å². The Bertz CT molecular complexity index is 600. The summed E-state index contributed by atoms with van der Waals surface area (Å²) < 4.78 is 6.57. The first-order valence-corrected chi connectivity index (χ1v) is 9.29. The molecule has 0 aliphatic heterocycles. The van der Waals surface area contributed by atoms with Gasteiger partial charge in [0.15, 0.2) is 0 Å². The number of benzene rings is 1. The fourth-order valence-electron chi connectivity index (χ4n) is 2.59. The van der Waals surface area contributed by atoms with E-state index in [2.05, 4.69) is 55.9 Å². The molecule has 0 aromatic heterocycles. The molecule has 0 fully saturated rings. The summed E-state index contributed by atoms with van der Waals surface area (Å²) in [6.45, 7) is 11.8. The third kappa shape index (κ3) is 14.1. The molecule has 1 aromatic rings. The number of ether oxygens (including phenoxy) is 1. The average molecular weight is 448 g/mol. The van der Waals surface area contributed by atoms with Gasteiger partial charge in [0.2, 0.25) is 0 Å². The average Bonchev–Trinajstić information content (AvgIpc) is 2.49. The number of carboxylic acid groups (broad SMARTS) is 2. The number of hydrogen-bond donors (Lipinski definition) is 4. The van der Waals surface area contributed by atoms with Crippen LogP contribution in [0.25, 0.3) is 0 Å². The number of halogens is 1. The minimum atomic E-state index is -1.82. The van der Waals surface area contributed by atoms with Gasteiger partial charge in [-0.3, -0.25) is 0 Å². The molecule has 0 heterocycles. The Labute approximate surface area is 168 Å². The SMILES string of the molecule is CC(C)(C)CC(C)(C)NCC(O)COc1cccc(Br)c1.O=C(O)C(=O)O. The van der Waals surface area contributed by atoms with Crippen LogP contribution in [-0.4, -0.2) is 52.1 Å². The van der Waals surface area contributed by atoms with Crippen molar-refractivity contribution in [2.75, 3.05) is 13.2 Å². The van der Waals surface area contributed by atoms with Crippen molar-refractivity contribution in [1.29, 1.82) is 0 Å². The van der Waals surface area contributed by atoms with E-state index >= 15 is 0 Å². The molecule has 7 nitrogen and oxygen atoms in total. The highest BCUT2D eigenvalue weighted by molar-refractivity contribution is 9.10. The fraction of sp³-hybridized carbons (Fsp3) is 0.579. The molecule has 0 spiro atoms. The summed E-state index contributed by atoms with van der Waals surface area (Å²) in [5.41, 5.74) is 0.253. The second kappa shape index (κ2) is 11.3. The van der Waals surface area contributed by atoms with Gasteiger partial charge < -0.3 is 25.4 Å². The lowest BCUT2D eigenvalue weighted by atomic mass is 9.82. The van der Waals surface area contributed by atoms with Crippen LogP contribution in [0, 0.1) is 5.41 Å². The van der Waals surface area contributed by atoms with Crippen LogP contribution in [-0.2, 0) is 9.59 Å². The Morgan fingerprint density at radius 3 is 2.15 bits per heavy atom. The van der Waals surface area contributed by atoms with Crippen LogP contribution in [0.2, 0.25) is 0 Å². The Kier molecular flexibility index (Phi) is 10.6. The summed E-state index contributed by atoms with van der Waals surface area (Å²) in [5.74, 6) is -2.89. The summed E-state index contributed by atoms with van der Waals surface area (Å²) in [6, 6.07) is 7.63. The Morgan fingerprint density at radius 2 is 1.70 bits per heavy atom. The van der Waals surface area contributed by atoms with Gasteiger partial charge in [0, 0.05) is 16.6 Å². The number of β-amino-alcohol motifs (C(OH)–C–C–N with tert-alkyl or cyclic N) is 1. The van der Waals surface area contributed by atoms with E-state index in [1.807, 2.05) is 24.3 Å². The van der Waals surface area contributed by atoms with Crippen LogP contribution in [0.3, 0.4) is 0 Å². The van der Waals surface area contributed by atoms with Gasteiger partial charge in [-0.1, -0.05) is 42.8 Å². The summed E-state index contributed by atoms with van der Waals surface area (Å²) in [7, 11) is 0. The lowest BCUT2D eigenvalue weighted by molar-refractivity contribution is -0.159. The van der Waals surface area contributed by atoms with Crippen molar-refractivity contribution in [2.24, 2.45) is 5.41 Å². The van der Waals surface area contributed by atoms with Crippen molar-refractivity contribution < 1.29 is 29.6 Å². The topological polar surface area (TPSA) is 116 Å². The number of nitrogens with one attached hydrogen (secondary N) is 1. The highest BCUT2D eigenvalue weighted by Crippen LogP contribution is 2.26. The zero-order valence-corrected chi connectivity index (χ0v) is 18.0. The third-order valence-electron chi connectivity index (χ3n) is 3.21. The second-order valence-electron chi connectivity index (χ2n) is 8.03. The van der Waals surface area contributed by atoms with E-state index in [9.17, 15) is 5.11 Å². The summed E-state index contributed by atoms with van der Waals surface area (Å²) in [5, 5.41) is 28.2. The lowest BCUT2D eigenvalue weighted by Gasteiger charge is -2.34. The first-order valence-electron chi connectivity index (χ1n) is 8.49. The van der Waals surface area contributed by atoms with Gasteiger partial charge in [0.1, 0.15) is 18.5 Å². The number of aliphatic hydroxyl groups excluding tert-OH is 1. The maximum atomic E-state index is 10.0. The number of aliphatic hydroxyl groups is 1. The van der Waals surface area contributed by atoms with Crippen LogP contribution in [0.4, 0.5) is 0 Å². The predicted octanol–water partition coefficient (Wildman–Crippen LogP) is 3.15. The molecule has 0 bridgehead atoms. The highest BCUT2D eigenvalue weighted by atomic mass is 79.9. The monoisotopic (exact) mass is 447 g/mol. The molecular weight excluding hydrogens is 418 g/mol. The summed E-state index contributed by atoms with van der Waals surface area (Å²) >= 11 is 3.40. The zero-order chi connectivity index (χ0) is 21.3. The van der Waals surface area contributed by atoms with Crippen molar-refractivity contribution in [2.45, 2.75) is 52.7 Å². The standard InChI is InChI=1S/C17H28BrNO2.C2H2O4/c1-16(2,3)12-17(4,5)19-10-14(20)11-21-15-8-6-7-13(18)9-15;3-1(4)2(5)6/h6-9,14,19-20H,10-12H2,1-5H3;(H,3,4)(H,5,6). The molecule has 1 rings (SSSR count). The van der Waals surface area contributed by atoms with E-state index in [-0.39, 0.29) is 17.6 Å². The van der Waals surface area contributed by atoms with Crippen molar-refractivity contribution >= 4 is 27.9 Å². The number of rotatable bonds is 7. The minimum Gasteiger partial charge on any atom is -0.491 e. The van der Waals surface area contributed by atoms with Crippen LogP contribution in [0.5, 0.6) is 5.75 Å². The zero-order valence-electron chi connectivity index (χ0n) is 16.5. The van der Waals surface area contributed by atoms with Crippen LogP contribution in [0.1, 0.15) is 41.0 Å². The molecule has 0 saturated heterocycles. The van der Waals surface area contributed by atoms with Crippen LogP contribution < -0.4 is 10.1 Å². The third-order valence-corrected chi connectivity index (χ3v) is 3.70. The smallest absolute Gasteiger partial charge is 0.414 e. The Hall–Kier alpha value is -1.64. The molecule has 1 atom stereocenters. The molecule has 0 radical (unpaired) electrons. The molecule has 1 aromatic carbocycles. The molecule has 4 N–H and O–H groups in total. The van der Waals surface area contributed by atoms with Crippen molar-refractivity contribution in [3.8, 4) is 5.75 Å². The van der Waals surface area contributed by atoms with Crippen molar-refractivity contribution in [3.05, 3.63) is 28.7 Å². The van der Waals surface area contributed by atoms with E-state index in [0.717, 1.165) is 16.6 Å². The molecule has 154 valence electrons. The molecule has 0 amide bonds. The predicted molar refractivity (Wildman–Crippen MR) is 107 cm³/mol. The molecule has 8 heteroatoms. The normalized spacial score (nSPS) is 12.6. The maximum absolute atomic E-state index is 10.0. The van der Waals surface area contributed by atoms with Gasteiger partial charge in [-0.25, -0.2) is 9.59 Å². The van der Waals surface area contributed by atoms with Gasteiger partial charge >= 0.3 is 11.9 Å². The van der Waals surface area contributed by atoms with Crippen LogP contribution in [0.15, 0.2) is 28.7 Å². The highest BCUT2D eigenvalue weighted by Gasteiger charge is 2.25. The summed E-state index contributed by atoms with van der Waals surface area (Å²) in [4.78, 5) is 18.2. The van der Waals surface area contributed by atoms with E-state index in [1.54, 1.807) is 0 Å². The Balaban J connectivity index is 0.000000972.